The number of carbonyl (C=O) groups excluding carboxylic acids is 1. The van der Waals surface area contributed by atoms with Crippen molar-refractivity contribution in [1.82, 2.24) is 13.5 Å². The fraction of sp³-hybridized carbons (Fsp3) is 0.250. The van der Waals surface area contributed by atoms with Crippen LogP contribution >= 0.6 is 11.5 Å². The topological polar surface area (TPSA) is 86.0 Å². The number of aromatic nitrogens is 3. The highest BCUT2D eigenvalue weighted by molar-refractivity contribution is 7.04. The van der Waals surface area contributed by atoms with E-state index in [2.05, 4.69) is 9.69 Å². The molecular formula is C16H16N4O3S. The highest BCUT2D eigenvalue weighted by Crippen LogP contribution is 2.14. The molecule has 1 N–H and O–H groups in total. The molecule has 0 spiro atoms. The number of hydrogen-bond donors (Lipinski definition) is 1. The summed E-state index contributed by atoms with van der Waals surface area (Å²) >= 11 is 1.09. The lowest BCUT2D eigenvalue weighted by molar-refractivity contribution is -0.116. The summed E-state index contributed by atoms with van der Waals surface area (Å²) in [6.45, 7) is 3.64. The zero-order valence-electron chi connectivity index (χ0n) is 13.3. The van der Waals surface area contributed by atoms with Crippen molar-refractivity contribution in [3.63, 3.8) is 0 Å². The molecule has 3 aromatic rings. The normalized spacial score (nSPS) is 10.9. The zero-order valence-corrected chi connectivity index (χ0v) is 14.1. The molecule has 0 saturated heterocycles. The van der Waals surface area contributed by atoms with Gasteiger partial charge in [-0.2, -0.15) is 4.37 Å². The maximum Gasteiger partial charge on any atom is 0.332 e. The van der Waals surface area contributed by atoms with Crippen LogP contribution in [0.1, 0.15) is 12.5 Å². The minimum absolute atomic E-state index is 0.178. The maximum atomic E-state index is 12.5. The zero-order chi connectivity index (χ0) is 17.3. The van der Waals surface area contributed by atoms with Crippen molar-refractivity contribution in [3.8, 4) is 0 Å². The molecule has 24 heavy (non-hydrogen) atoms. The van der Waals surface area contributed by atoms with Crippen LogP contribution < -0.4 is 16.6 Å². The van der Waals surface area contributed by atoms with Gasteiger partial charge in [0.15, 0.2) is 5.52 Å². The van der Waals surface area contributed by atoms with E-state index in [1.165, 1.54) is 4.57 Å². The van der Waals surface area contributed by atoms with E-state index < -0.39 is 11.2 Å². The van der Waals surface area contributed by atoms with Gasteiger partial charge in [0.25, 0.3) is 5.56 Å². The molecule has 8 heteroatoms. The van der Waals surface area contributed by atoms with Crippen molar-refractivity contribution < 1.29 is 4.79 Å². The second-order valence-electron chi connectivity index (χ2n) is 5.33. The second-order valence-corrected chi connectivity index (χ2v) is 5.96. The van der Waals surface area contributed by atoms with Crippen molar-refractivity contribution in [1.29, 1.82) is 0 Å². The van der Waals surface area contributed by atoms with E-state index in [9.17, 15) is 14.4 Å². The first-order chi connectivity index (χ1) is 11.5. The molecule has 0 radical (unpaired) electrons. The van der Waals surface area contributed by atoms with Crippen LogP contribution in [0.3, 0.4) is 0 Å². The monoisotopic (exact) mass is 344 g/mol. The number of rotatable bonds is 4. The lowest BCUT2D eigenvalue weighted by atomic mass is 10.2. The Morgan fingerprint density at radius 1 is 1.25 bits per heavy atom. The van der Waals surface area contributed by atoms with Crippen molar-refractivity contribution in [2.24, 2.45) is 0 Å². The number of amides is 1. The maximum absolute atomic E-state index is 12.5. The van der Waals surface area contributed by atoms with Gasteiger partial charge in [0.05, 0.1) is 5.52 Å². The van der Waals surface area contributed by atoms with Crippen LogP contribution in [-0.2, 0) is 17.9 Å². The summed E-state index contributed by atoms with van der Waals surface area (Å²) in [7, 11) is 0. The highest BCUT2D eigenvalue weighted by Gasteiger charge is 2.16. The molecule has 7 nitrogen and oxygen atoms in total. The predicted octanol–water partition coefficient (Wildman–Crippen LogP) is 1.59. The van der Waals surface area contributed by atoms with E-state index in [0.29, 0.717) is 11.2 Å². The van der Waals surface area contributed by atoms with Crippen LogP contribution in [0.5, 0.6) is 0 Å². The molecule has 1 amide bonds. The molecule has 2 aromatic heterocycles. The molecule has 0 unspecified atom stereocenters. The van der Waals surface area contributed by atoms with Crippen molar-refractivity contribution in [2.45, 2.75) is 26.9 Å². The third-order valence-electron chi connectivity index (χ3n) is 3.79. The summed E-state index contributed by atoms with van der Waals surface area (Å²) in [5.74, 6) is -0.333. The summed E-state index contributed by atoms with van der Waals surface area (Å²) in [6.07, 6.45) is 0. The Hall–Kier alpha value is -2.74. The molecule has 0 atom stereocenters. The minimum Gasteiger partial charge on any atom is -0.324 e. The third-order valence-corrected chi connectivity index (χ3v) is 4.41. The van der Waals surface area contributed by atoms with Gasteiger partial charge < -0.3 is 5.32 Å². The molecule has 1 aromatic carbocycles. The van der Waals surface area contributed by atoms with E-state index in [0.717, 1.165) is 21.7 Å². The van der Waals surface area contributed by atoms with E-state index >= 15 is 0 Å². The number of hydrogen-bond acceptors (Lipinski definition) is 5. The number of nitrogens with one attached hydrogen (secondary N) is 1. The van der Waals surface area contributed by atoms with E-state index in [-0.39, 0.29) is 24.5 Å². The molecule has 124 valence electrons. The second kappa shape index (κ2) is 6.40. The van der Waals surface area contributed by atoms with Crippen LogP contribution in [0.4, 0.5) is 5.69 Å². The lowest BCUT2D eigenvalue weighted by Crippen LogP contribution is -2.41. The molecule has 2 heterocycles. The number of nitrogens with zero attached hydrogens (tertiary/aromatic N) is 3. The van der Waals surface area contributed by atoms with Gasteiger partial charge in [0.2, 0.25) is 5.91 Å². The smallest absolute Gasteiger partial charge is 0.324 e. The van der Waals surface area contributed by atoms with Crippen molar-refractivity contribution in [3.05, 3.63) is 56.0 Å². The molecule has 0 saturated carbocycles. The summed E-state index contributed by atoms with van der Waals surface area (Å²) in [6, 6.07) is 7.39. The number of benzene rings is 1. The molecule has 0 aliphatic heterocycles. The molecule has 0 aliphatic rings. The number of aryl methyl sites for hydroxylation is 1. The largest absolute Gasteiger partial charge is 0.332 e. The quantitative estimate of drug-likeness (QED) is 0.779. The lowest BCUT2D eigenvalue weighted by Gasteiger charge is -2.12. The Morgan fingerprint density at radius 2 is 2.00 bits per heavy atom. The van der Waals surface area contributed by atoms with Crippen LogP contribution in [0, 0.1) is 6.92 Å². The van der Waals surface area contributed by atoms with E-state index in [4.69, 9.17) is 0 Å². The Labute approximate surface area is 141 Å². The number of anilines is 1. The predicted molar refractivity (Wildman–Crippen MR) is 93.6 cm³/mol. The van der Waals surface area contributed by atoms with Crippen LogP contribution in [-0.4, -0.2) is 19.4 Å². The van der Waals surface area contributed by atoms with Crippen molar-refractivity contribution >= 4 is 34.2 Å². The fourth-order valence-corrected chi connectivity index (χ4v) is 3.18. The average molecular weight is 344 g/mol. The number of fused-ring (bicyclic) bond motifs is 1. The first-order valence-corrected chi connectivity index (χ1v) is 8.29. The van der Waals surface area contributed by atoms with Gasteiger partial charge in [-0.05, 0) is 37.0 Å². The summed E-state index contributed by atoms with van der Waals surface area (Å²) in [5, 5.41) is 4.40. The van der Waals surface area contributed by atoms with Gasteiger partial charge in [0.1, 0.15) is 6.54 Å². The van der Waals surface area contributed by atoms with Gasteiger partial charge in [-0.3, -0.25) is 18.7 Å². The van der Waals surface area contributed by atoms with Crippen LogP contribution in [0.15, 0.2) is 39.2 Å². The fourth-order valence-electron chi connectivity index (χ4n) is 2.51. The molecular weight excluding hydrogens is 328 g/mol. The van der Waals surface area contributed by atoms with Crippen molar-refractivity contribution in [2.75, 3.05) is 5.32 Å². The first kappa shape index (κ1) is 16.1. The van der Waals surface area contributed by atoms with E-state index in [1.54, 1.807) is 18.4 Å². The molecule has 0 aliphatic carbocycles. The van der Waals surface area contributed by atoms with Gasteiger partial charge >= 0.3 is 5.69 Å². The Morgan fingerprint density at radius 3 is 2.71 bits per heavy atom. The van der Waals surface area contributed by atoms with Gasteiger partial charge in [-0.25, -0.2) is 4.79 Å². The Bertz CT molecular complexity index is 1030. The summed E-state index contributed by atoms with van der Waals surface area (Å²) in [4.78, 5) is 37.1. The Balaban J connectivity index is 2.00. The Kier molecular flexibility index (Phi) is 4.30. The standard InChI is InChI=1S/C16H16N4O3S/c1-3-19-15(22)14-12(9-24-18-14)20(16(19)23)8-13(21)17-11-7-5-4-6-10(11)2/h4-7,9H,3,8H2,1-2H3,(H,17,21). The summed E-state index contributed by atoms with van der Waals surface area (Å²) < 4.78 is 6.43. The molecule has 0 bridgehead atoms. The number of para-hydroxylation sites is 1. The van der Waals surface area contributed by atoms with Crippen LogP contribution in [0.2, 0.25) is 0 Å². The van der Waals surface area contributed by atoms with Gasteiger partial charge in [-0.15, -0.1) is 0 Å². The first-order valence-electron chi connectivity index (χ1n) is 7.46. The van der Waals surface area contributed by atoms with Crippen LogP contribution in [0.25, 0.3) is 11.0 Å². The number of carbonyl (C=O) groups is 1. The van der Waals surface area contributed by atoms with Gasteiger partial charge in [-0.1, -0.05) is 18.2 Å². The highest BCUT2D eigenvalue weighted by atomic mass is 32.1. The summed E-state index contributed by atoms with van der Waals surface area (Å²) in [5.41, 5.74) is 1.30. The molecule has 0 fully saturated rings. The molecule has 3 rings (SSSR count). The SMILES string of the molecule is CCn1c(=O)c2nscc2n(CC(=O)Nc2ccccc2C)c1=O. The average Bonchev–Trinajstić information content (AvgIpc) is 3.04. The van der Waals surface area contributed by atoms with Gasteiger partial charge in [0, 0.05) is 17.6 Å². The minimum atomic E-state index is -0.505. The van der Waals surface area contributed by atoms with E-state index in [1.807, 2.05) is 25.1 Å². The third kappa shape index (κ3) is 2.76.